The van der Waals surface area contributed by atoms with Crippen LogP contribution in [0.1, 0.15) is 18.4 Å². The van der Waals surface area contributed by atoms with Crippen LogP contribution in [0.4, 0.5) is 0 Å². The van der Waals surface area contributed by atoms with E-state index in [2.05, 4.69) is 16.0 Å². The van der Waals surface area contributed by atoms with E-state index >= 15 is 0 Å². The molecule has 6 nitrogen and oxygen atoms in total. The van der Waals surface area contributed by atoms with Crippen molar-refractivity contribution in [1.82, 2.24) is 14.8 Å². The first-order valence-corrected chi connectivity index (χ1v) is 8.92. The van der Waals surface area contributed by atoms with Crippen molar-refractivity contribution in [2.75, 3.05) is 39.5 Å². The van der Waals surface area contributed by atoms with Crippen LogP contribution in [0.15, 0.2) is 24.5 Å². The molecule has 3 aliphatic rings. The highest BCUT2D eigenvalue weighted by Gasteiger charge is 2.40. The Labute approximate surface area is 142 Å². The van der Waals surface area contributed by atoms with Gasteiger partial charge in [-0.15, -0.1) is 0 Å². The molecular weight excluding hydrogens is 306 g/mol. The zero-order chi connectivity index (χ0) is 16.4. The van der Waals surface area contributed by atoms with Gasteiger partial charge in [0.1, 0.15) is 0 Å². The molecule has 0 aliphatic carbocycles. The number of hydrogen-bond acceptors (Lipinski definition) is 5. The molecule has 3 fully saturated rings. The maximum Gasteiger partial charge on any atom is 0.228 e. The smallest absolute Gasteiger partial charge is 0.228 e. The SMILES string of the molecule is O=C([C@H]1CCOC1)N1CC[C@@H]2OCCN(Cc3cccnc3)[C@H]2C1. The molecule has 3 saturated heterocycles. The number of morpholine rings is 1. The van der Waals surface area contributed by atoms with Crippen LogP contribution in [0.2, 0.25) is 0 Å². The van der Waals surface area contributed by atoms with Gasteiger partial charge in [0.25, 0.3) is 0 Å². The van der Waals surface area contributed by atoms with Gasteiger partial charge in [0.15, 0.2) is 0 Å². The molecule has 0 N–H and O–H groups in total. The number of hydrogen-bond donors (Lipinski definition) is 0. The van der Waals surface area contributed by atoms with Gasteiger partial charge in [0.2, 0.25) is 5.91 Å². The fraction of sp³-hybridized carbons (Fsp3) is 0.667. The van der Waals surface area contributed by atoms with Crippen molar-refractivity contribution in [3.05, 3.63) is 30.1 Å². The second kappa shape index (κ2) is 7.17. The Balaban J connectivity index is 1.44. The molecule has 0 unspecified atom stereocenters. The Kier molecular flexibility index (Phi) is 4.78. The molecule has 1 aromatic heterocycles. The molecule has 0 bridgehead atoms. The van der Waals surface area contributed by atoms with E-state index in [4.69, 9.17) is 9.47 Å². The van der Waals surface area contributed by atoms with E-state index in [1.165, 1.54) is 5.56 Å². The van der Waals surface area contributed by atoms with Gasteiger partial charge in [-0.1, -0.05) is 6.07 Å². The third-order valence-electron chi connectivity index (χ3n) is 5.40. The molecule has 3 aliphatic heterocycles. The van der Waals surface area contributed by atoms with Crippen molar-refractivity contribution in [1.29, 1.82) is 0 Å². The number of likely N-dealkylation sites (tertiary alicyclic amines) is 1. The standard InChI is InChI=1S/C18H25N3O3/c22-18(15-4-8-23-13-15)21-6-3-17-16(12-21)20(7-9-24-17)11-14-2-1-5-19-10-14/h1-2,5,10,15-17H,3-4,6-9,11-13H2/t15-,16-,17-/m0/s1. The van der Waals surface area contributed by atoms with Gasteiger partial charge in [-0.25, -0.2) is 0 Å². The lowest BCUT2D eigenvalue weighted by Crippen LogP contribution is -2.61. The van der Waals surface area contributed by atoms with Gasteiger partial charge in [0, 0.05) is 45.2 Å². The summed E-state index contributed by atoms with van der Waals surface area (Å²) >= 11 is 0. The zero-order valence-corrected chi connectivity index (χ0v) is 14.0. The lowest BCUT2D eigenvalue weighted by Gasteiger charge is -2.47. The van der Waals surface area contributed by atoms with Crippen molar-refractivity contribution in [3.8, 4) is 0 Å². The van der Waals surface area contributed by atoms with Gasteiger partial charge in [-0.05, 0) is 24.5 Å². The summed E-state index contributed by atoms with van der Waals surface area (Å²) in [5.74, 6) is 0.315. The summed E-state index contributed by atoms with van der Waals surface area (Å²) in [6.07, 6.45) is 5.74. The molecule has 0 aromatic carbocycles. The van der Waals surface area contributed by atoms with Crippen molar-refractivity contribution in [2.24, 2.45) is 5.92 Å². The zero-order valence-electron chi connectivity index (χ0n) is 14.0. The Morgan fingerprint density at radius 3 is 3.04 bits per heavy atom. The predicted octanol–water partition coefficient (Wildman–Crippen LogP) is 0.920. The van der Waals surface area contributed by atoms with Gasteiger partial charge < -0.3 is 14.4 Å². The topological polar surface area (TPSA) is 54.9 Å². The first-order chi connectivity index (χ1) is 11.8. The van der Waals surface area contributed by atoms with Crippen LogP contribution < -0.4 is 0 Å². The van der Waals surface area contributed by atoms with Gasteiger partial charge in [-0.3, -0.25) is 14.7 Å². The van der Waals surface area contributed by atoms with E-state index in [0.29, 0.717) is 13.2 Å². The summed E-state index contributed by atoms with van der Waals surface area (Å²) in [6.45, 7) is 5.41. The van der Waals surface area contributed by atoms with E-state index in [9.17, 15) is 4.79 Å². The third kappa shape index (κ3) is 3.31. The molecular formula is C18H25N3O3. The summed E-state index contributed by atoms with van der Waals surface area (Å²) in [7, 11) is 0. The molecule has 1 amide bonds. The molecule has 3 atom stereocenters. The number of rotatable bonds is 3. The van der Waals surface area contributed by atoms with Crippen LogP contribution in [0, 0.1) is 5.92 Å². The minimum absolute atomic E-state index is 0.0535. The maximum absolute atomic E-state index is 12.7. The van der Waals surface area contributed by atoms with Crippen molar-refractivity contribution in [3.63, 3.8) is 0 Å². The van der Waals surface area contributed by atoms with Crippen LogP contribution in [0.25, 0.3) is 0 Å². The molecule has 4 rings (SSSR count). The summed E-state index contributed by atoms with van der Waals surface area (Å²) in [4.78, 5) is 21.4. The molecule has 130 valence electrons. The number of carbonyl (C=O) groups excluding carboxylic acids is 1. The molecule has 24 heavy (non-hydrogen) atoms. The molecule has 1 aromatic rings. The number of aromatic nitrogens is 1. The Hall–Kier alpha value is -1.50. The van der Waals surface area contributed by atoms with Crippen molar-refractivity contribution < 1.29 is 14.3 Å². The van der Waals surface area contributed by atoms with E-state index < -0.39 is 0 Å². The van der Waals surface area contributed by atoms with Gasteiger partial charge >= 0.3 is 0 Å². The molecule has 0 saturated carbocycles. The van der Waals surface area contributed by atoms with Gasteiger partial charge in [-0.2, -0.15) is 0 Å². The van der Waals surface area contributed by atoms with E-state index in [1.54, 1.807) is 6.20 Å². The van der Waals surface area contributed by atoms with E-state index in [0.717, 1.165) is 45.6 Å². The van der Waals surface area contributed by atoms with Crippen LogP contribution in [-0.2, 0) is 20.8 Å². The molecule has 0 radical (unpaired) electrons. The molecule has 4 heterocycles. The highest BCUT2D eigenvalue weighted by atomic mass is 16.5. The Bertz CT molecular complexity index is 562. The lowest BCUT2D eigenvalue weighted by molar-refractivity contribution is -0.147. The first-order valence-electron chi connectivity index (χ1n) is 8.92. The fourth-order valence-corrected chi connectivity index (χ4v) is 4.05. The largest absolute Gasteiger partial charge is 0.381 e. The fourth-order valence-electron chi connectivity index (χ4n) is 4.05. The number of pyridine rings is 1. The van der Waals surface area contributed by atoms with Gasteiger partial charge in [0.05, 0.1) is 31.3 Å². The van der Waals surface area contributed by atoms with E-state index in [1.807, 2.05) is 17.2 Å². The number of fused-ring (bicyclic) bond motifs is 1. The number of amides is 1. The Morgan fingerprint density at radius 1 is 1.29 bits per heavy atom. The average molecular weight is 331 g/mol. The number of nitrogens with zero attached hydrogens (tertiary/aromatic N) is 3. The lowest BCUT2D eigenvalue weighted by atomic mass is 9.96. The maximum atomic E-state index is 12.7. The molecule has 6 heteroatoms. The van der Waals surface area contributed by atoms with Crippen molar-refractivity contribution >= 4 is 5.91 Å². The van der Waals surface area contributed by atoms with E-state index in [-0.39, 0.29) is 24.0 Å². The number of carbonyl (C=O) groups is 1. The monoisotopic (exact) mass is 331 g/mol. The second-order valence-electron chi connectivity index (χ2n) is 6.94. The number of piperidine rings is 1. The minimum Gasteiger partial charge on any atom is -0.381 e. The summed E-state index contributed by atoms with van der Waals surface area (Å²) in [5.41, 5.74) is 1.21. The highest BCUT2D eigenvalue weighted by molar-refractivity contribution is 5.79. The third-order valence-corrected chi connectivity index (χ3v) is 5.40. The number of ether oxygens (including phenoxy) is 2. The van der Waals surface area contributed by atoms with Crippen LogP contribution in [-0.4, -0.2) is 72.3 Å². The van der Waals surface area contributed by atoms with Crippen molar-refractivity contribution in [2.45, 2.75) is 31.5 Å². The first kappa shape index (κ1) is 16.0. The van der Waals surface area contributed by atoms with Crippen LogP contribution in [0.5, 0.6) is 0 Å². The highest BCUT2D eigenvalue weighted by Crippen LogP contribution is 2.26. The van der Waals surface area contributed by atoms with Crippen LogP contribution in [0.3, 0.4) is 0 Å². The molecule has 0 spiro atoms. The predicted molar refractivity (Wildman–Crippen MR) is 88.3 cm³/mol. The average Bonchev–Trinajstić information content (AvgIpc) is 3.17. The summed E-state index contributed by atoms with van der Waals surface area (Å²) in [5, 5.41) is 0. The second-order valence-corrected chi connectivity index (χ2v) is 6.94. The normalized spacial score (nSPS) is 31.0. The quantitative estimate of drug-likeness (QED) is 0.824. The minimum atomic E-state index is 0.0535. The Morgan fingerprint density at radius 2 is 2.25 bits per heavy atom. The summed E-state index contributed by atoms with van der Waals surface area (Å²) in [6, 6.07) is 4.36. The summed E-state index contributed by atoms with van der Waals surface area (Å²) < 4.78 is 11.4. The van der Waals surface area contributed by atoms with Crippen LogP contribution >= 0.6 is 0 Å².